The van der Waals surface area contributed by atoms with Crippen molar-refractivity contribution in [1.82, 2.24) is 9.80 Å². The zero-order chi connectivity index (χ0) is 17.7. The number of carbonyl (C=O) groups excluding carboxylic acids is 2. The van der Waals surface area contributed by atoms with Crippen LogP contribution in [-0.4, -0.2) is 63.6 Å². The first-order chi connectivity index (χ1) is 11.4. The Hall–Kier alpha value is -2.22. The number of thioether (sulfide) groups is 1. The summed E-state index contributed by atoms with van der Waals surface area (Å²) in [5.41, 5.74) is 0.847. The van der Waals surface area contributed by atoms with Crippen LogP contribution in [0.2, 0.25) is 0 Å². The largest absolute Gasteiger partial charge is 0.480 e. The van der Waals surface area contributed by atoms with Crippen molar-refractivity contribution in [3.63, 3.8) is 0 Å². The summed E-state index contributed by atoms with van der Waals surface area (Å²) in [7, 11) is 1.47. The molecule has 2 atom stereocenters. The Morgan fingerprint density at radius 3 is 2.67 bits per heavy atom. The third-order valence-electron chi connectivity index (χ3n) is 3.88. The Morgan fingerprint density at radius 2 is 2.04 bits per heavy atom. The van der Waals surface area contributed by atoms with Gasteiger partial charge in [-0.15, -0.1) is 11.8 Å². The summed E-state index contributed by atoms with van der Waals surface area (Å²) in [6, 6.07) is 7.58. The molecule has 1 N–H and O–H groups in total. The van der Waals surface area contributed by atoms with Crippen LogP contribution in [0.3, 0.4) is 0 Å². The number of likely N-dealkylation sites (N-methyl/N-ethyl adjacent to an activating group) is 1. The molecule has 1 fully saturated rings. The summed E-state index contributed by atoms with van der Waals surface area (Å²) in [5.74, 6) is -0.760. The van der Waals surface area contributed by atoms with Gasteiger partial charge in [-0.25, -0.2) is 9.59 Å². The molecular weight excluding hydrogens is 332 g/mol. The maximum Gasteiger partial charge on any atom is 0.410 e. The SMILES string of the molecule is CC(C(=O)N1CSCC1C(=O)O)N(C)C(=O)OCc1ccccc1. The molecule has 2 unspecified atom stereocenters. The van der Waals surface area contributed by atoms with E-state index in [1.54, 1.807) is 6.92 Å². The van der Waals surface area contributed by atoms with E-state index in [0.717, 1.165) is 5.56 Å². The summed E-state index contributed by atoms with van der Waals surface area (Å²) >= 11 is 1.38. The molecule has 130 valence electrons. The van der Waals surface area contributed by atoms with Gasteiger partial charge in [0, 0.05) is 12.8 Å². The van der Waals surface area contributed by atoms with Crippen LogP contribution in [0.4, 0.5) is 4.79 Å². The number of nitrogens with zero attached hydrogens (tertiary/aromatic N) is 2. The van der Waals surface area contributed by atoms with Gasteiger partial charge in [-0.2, -0.15) is 0 Å². The molecule has 0 aromatic heterocycles. The summed E-state index contributed by atoms with van der Waals surface area (Å²) in [6.45, 7) is 1.68. The number of benzene rings is 1. The van der Waals surface area contributed by atoms with Crippen LogP contribution in [0.5, 0.6) is 0 Å². The highest BCUT2D eigenvalue weighted by atomic mass is 32.2. The first-order valence-electron chi connectivity index (χ1n) is 7.46. The number of hydrogen-bond acceptors (Lipinski definition) is 5. The molecule has 2 rings (SSSR count). The first-order valence-corrected chi connectivity index (χ1v) is 8.62. The van der Waals surface area contributed by atoms with Gasteiger partial charge in [-0.3, -0.25) is 9.69 Å². The number of carbonyl (C=O) groups is 3. The van der Waals surface area contributed by atoms with Crippen molar-refractivity contribution in [2.75, 3.05) is 18.7 Å². The van der Waals surface area contributed by atoms with Gasteiger partial charge in [0.15, 0.2) is 0 Å². The number of rotatable bonds is 5. The second-order valence-corrected chi connectivity index (χ2v) is 6.49. The average molecular weight is 352 g/mol. The minimum absolute atomic E-state index is 0.113. The monoisotopic (exact) mass is 352 g/mol. The zero-order valence-corrected chi connectivity index (χ0v) is 14.4. The molecule has 0 aliphatic carbocycles. The molecule has 8 heteroatoms. The lowest BCUT2D eigenvalue weighted by atomic mass is 10.2. The van der Waals surface area contributed by atoms with E-state index < -0.39 is 30.1 Å². The van der Waals surface area contributed by atoms with Crippen molar-refractivity contribution >= 4 is 29.7 Å². The molecule has 1 aromatic rings. The van der Waals surface area contributed by atoms with Gasteiger partial charge in [0.1, 0.15) is 18.7 Å². The molecule has 24 heavy (non-hydrogen) atoms. The number of carboxylic acid groups (broad SMARTS) is 1. The number of ether oxygens (including phenoxy) is 1. The number of amides is 2. The van der Waals surface area contributed by atoms with Gasteiger partial charge in [-0.1, -0.05) is 30.3 Å². The Labute approximate surface area is 144 Å². The predicted molar refractivity (Wildman–Crippen MR) is 89.4 cm³/mol. The number of aliphatic carboxylic acids is 1. The molecule has 1 aromatic carbocycles. The van der Waals surface area contributed by atoms with E-state index in [0.29, 0.717) is 11.6 Å². The van der Waals surface area contributed by atoms with Gasteiger partial charge in [-0.05, 0) is 12.5 Å². The van der Waals surface area contributed by atoms with Gasteiger partial charge >= 0.3 is 12.1 Å². The Morgan fingerprint density at radius 1 is 1.38 bits per heavy atom. The lowest BCUT2D eigenvalue weighted by molar-refractivity contribution is -0.149. The van der Waals surface area contributed by atoms with E-state index >= 15 is 0 Å². The fourth-order valence-corrected chi connectivity index (χ4v) is 3.40. The van der Waals surface area contributed by atoms with Crippen molar-refractivity contribution in [2.24, 2.45) is 0 Å². The maximum atomic E-state index is 12.5. The van der Waals surface area contributed by atoms with Crippen molar-refractivity contribution in [1.29, 1.82) is 0 Å². The maximum absolute atomic E-state index is 12.5. The fraction of sp³-hybridized carbons (Fsp3) is 0.438. The standard InChI is InChI=1S/C16H20N2O5S/c1-11(14(19)18-10-24-9-13(18)15(20)21)17(2)16(22)23-8-12-6-4-3-5-7-12/h3-7,11,13H,8-10H2,1-2H3,(H,20,21). The predicted octanol–water partition coefficient (Wildman–Crippen LogP) is 1.63. The van der Waals surface area contributed by atoms with Crippen LogP contribution >= 0.6 is 11.8 Å². The smallest absolute Gasteiger partial charge is 0.410 e. The van der Waals surface area contributed by atoms with Crippen LogP contribution in [0.1, 0.15) is 12.5 Å². The Bertz CT molecular complexity index is 610. The molecule has 0 bridgehead atoms. The third-order valence-corrected chi connectivity index (χ3v) is 4.89. The molecule has 1 saturated heterocycles. The molecule has 0 spiro atoms. The first kappa shape index (κ1) is 18.1. The highest BCUT2D eigenvalue weighted by Gasteiger charge is 2.38. The van der Waals surface area contributed by atoms with Crippen LogP contribution < -0.4 is 0 Å². The summed E-state index contributed by atoms with van der Waals surface area (Å²) in [4.78, 5) is 38.3. The molecule has 0 saturated carbocycles. The number of carboxylic acids is 1. The van der Waals surface area contributed by atoms with Gasteiger partial charge in [0.25, 0.3) is 0 Å². The topological polar surface area (TPSA) is 87.2 Å². The molecule has 1 heterocycles. The van der Waals surface area contributed by atoms with E-state index in [-0.39, 0.29) is 6.61 Å². The molecule has 1 aliphatic heterocycles. The van der Waals surface area contributed by atoms with Gasteiger partial charge < -0.3 is 14.7 Å². The minimum Gasteiger partial charge on any atom is -0.480 e. The lowest BCUT2D eigenvalue weighted by Crippen LogP contribution is -2.51. The van der Waals surface area contributed by atoms with Crippen molar-refractivity contribution in [3.8, 4) is 0 Å². The lowest BCUT2D eigenvalue weighted by Gasteiger charge is -2.29. The van der Waals surface area contributed by atoms with Crippen molar-refractivity contribution in [2.45, 2.75) is 25.6 Å². The third kappa shape index (κ3) is 4.19. The van der Waals surface area contributed by atoms with E-state index in [1.165, 1.54) is 28.6 Å². The average Bonchev–Trinajstić information content (AvgIpc) is 3.08. The molecule has 0 radical (unpaired) electrons. The van der Waals surface area contributed by atoms with Gasteiger partial charge in [0.2, 0.25) is 5.91 Å². The van der Waals surface area contributed by atoms with E-state index in [1.807, 2.05) is 30.3 Å². The second kappa shape index (κ2) is 8.05. The Kier molecular flexibility index (Phi) is 6.08. The van der Waals surface area contributed by atoms with Crippen molar-refractivity contribution in [3.05, 3.63) is 35.9 Å². The summed E-state index contributed by atoms with van der Waals surface area (Å²) in [6.07, 6.45) is -0.626. The fourth-order valence-electron chi connectivity index (χ4n) is 2.25. The normalized spacial score (nSPS) is 18.1. The molecule has 7 nitrogen and oxygen atoms in total. The van der Waals surface area contributed by atoms with Crippen LogP contribution in [0.15, 0.2) is 30.3 Å². The van der Waals surface area contributed by atoms with E-state index in [9.17, 15) is 14.4 Å². The van der Waals surface area contributed by atoms with Crippen LogP contribution in [0, 0.1) is 0 Å². The van der Waals surface area contributed by atoms with Gasteiger partial charge in [0.05, 0.1) is 5.88 Å². The molecule has 1 aliphatic rings. The minimum atomic E-state index is -1.03. The number of hydrogen-bond donors (Lipinski definition) is 1. The van der Waals surface area contributed by atoms with Crippen molar-refractivity contribution < 1.29 is 24.2 Å². The molecular formula is C16H20N2O5S. The van der Waals surface area contributed by atoms with E-state index in [2.05, 4.69) is 0 Å². The highest BCUT2D eigenvalue weighted by Crippen LogP contribution is 2.22. The van der Waals surface area contributed by atoms with Crippen LogP contribution in [-0.2, 0) is 20.9 Å². The second-order valence-electron chi connectivity index (χ2n) is 5.49. The summed E-state index contributed by atoms with van der Waals surface area (Å²) in [5, 5.41) is 9.16. The van der Waals surface area contributed by atoms with E-state index in [4.69, 9.17) is 9.84 Å². The molecule has 2 amide bonds. The quantitative estimate of drug-likeness (QED) is 0.867. The zero-order valence-electron chi connectivity index (χ0n) is 13.5. The highest BCUT2D eigenvalue weighted by molar-refractivity contribution is 7.99. The Balaban J connectivity index is 1.92. The summed E-state index contributed by atoms with van der Waals surface area (Å²) < 4.78 is 5.19. The van der Waals surface area contributed by atoms with Crippen LogP contribution in [0.25, 0.3) is 0 Å².